The molecule has 0 bridgehead atoms. The SMILES string of the molecule is Cc1cnc2c(-c3ccc4ccn(C)c4c3)cc(NC(C)c3cccnc3)cc2n1.Cc1cnc2cc(NC(C)c3cccnc3)cc(-c3ccc4ccn(C)c4c3)c2n1. The minimum atomic E-state index is 0.122. The van der Waals surface area contributed by atoms with Crippen LogP contribution in [0.15, 0.2) is 147 Å². The van der Waals surface area contributed by atoms with Crippen LogP contribution in [-0.2, 0) is 14.1 Å². The lowest BCUT2D eigenvalue weighted by molar-refractivity contribution is 0.876. The Hall–Kier alpha value is -7.46. The molecule has 2 atom stereocenters. The van der Waals surface area contributed by atoms with Crippen molar-refractivity contribution in [3.8, 4) is 22.3 Å². The van der Waals surface area contributed by atoms with Crippen LogP contribution in [0, 0.1) is 13.8 Å². The van der Waals surface area contributed by atoms with Crippen LogP contribution in [0.5, 0.6) is 0 Å². The summed E-state index contributed by atoms with van der Waals surface area (Å²) in [6.07, 6.45) is 15.2. The van der Waals surface area contributed by atoms with Crippen molar-refractivity contribution < 1.29 is 0 Å². The van der Waals surface area contributed by atoms with Gasteiger partial charge in [0.1, 0.15) is 0 Å². The lowest BCUT2D eigenvalue weighted by Crippen LogP contribution is -2.07. The second kappa shape index (κ2) is 16.1. The molecule has 2 unspecified atom stereocenters. The predicted octanol–water partition coefficient (Wildman–Crippen LogP) is 11.3. The van der Waals surface area contributed by atoms with E-state index in [0.29, 0.717) is 0 Å². The minimum Gasteiger partial charge on any atom is -0.378 e. The molecular weight excluding hydrogens is 741 g/mol. The van der Waals surface area contributed by atoms with E-state index in [9.17, 15) is 0 Å². The standard InChI is InChI=1S/2C25H23N5/c1-16-14-27-25-22(19-7-6-18-8-10-30(3)24(18)11-19)12-21(13-23(25)28-16)29-17(2)20-5-4-9-26-15-20;1-16-14-27-23-13-21(29-17(2)20-5-4-9-26-15-20)12-22(25(23)28-16)19-7-6-18-8-10-30(3)24(18)11-19/h2*4-15,17,29H,1-3H3. The van der Waals surface area contributed by atoms with Gasteiger partial charge < -0.3 is 19.8 Å². The van der Waals surface area contributed by atoms with Gasteiger partial charge in [-0.05, 0) is 121 Å². The first-order valence-electron chi connectivity index (χ1n) is 20.2. The molecule has 6 heterocycles. The molecule has 10 aromatic rings. The van der Waals surface area contributed by atoms with Gasteiger partial charge in [0, 0.05) is 97.2 Å². The molecule has 296 valence electrons. The second-order valence-corrected chi connectivity index (χ2v) is 15.5. The molecule has 2 N–H and O–H groups in total. The molecular formula is C50H46N10. The Balaban J connectivity index is 0.000000154. The maximum atomic E-state index is 4.81. The number of fused-ring (bicyclic) bond motifs is 4. The van der Waals surface area contributed by atoms with Crippen LogP contribution in [0.1, 0.15) is 48.4 Å². The predicted molar refractivity (Wildman–Crippen MR) is 245 cm³/mol. The molecule has 0 amide bonds. The maximum Gasteiger partial charge on any atom is 0.0969 e. The third-order valence-corrected chi connectivity index (χ3v) is 11.1. The fraction of sp³-hybridized carbons (Fsp3) is 0.160. The monoisotopic (exact) mass is 786 g/mol. The molecule has 60 heavy (non-hydrogen) atoms. The van der Waals surface area contributed by atoms with Crippen molar-refractivity contribution in [2.24, 2.45) is 14.1 Å². The van der Waals surface area contributed by atoms with Crippen molar-refractivity contribution in [3.05, 3.63) is 169 Å². The van der Waals surface area contributed by atoms with Gasteiger partial charge in [0.05, 0.1) is 45.5 Å². The highest BCUT2D eigenvalue weighted by atomic mass is 14.9. The molecule has 0 spiro atoms. The van der Waals surface area contributed by atoms with Crippen molar-refractivity contribution in [2.75, 3.05) is 10.6 Å². The van der Waals surface area contributed by atoms with Crippen molar-refractivity contribution in [1.82, 2.24) is 39.0 Å². The highest BCUT2D eigenvalue weighted by molar-refractivity contribution is 5.98. The molecule has 0 saturated heterocycles. The highest BCUT2D eigenvalue weighted by Gasteiger charge is 2.15. The van der Waals surface area contributed by atoms with E-state index >= 15 is 0 Å². The quantitative estimate of drug-likeness (QED) is 0.157. The highest BCUT2D eigenvalue weighted by Crippen LogP contribution is 2.35. The number of nitrogens with one attached hydrogen (secondary N) is 2. The van der Waals surface area contributed by atoms with Crippen LogP contribution in [0.4, 0.5) is 11.4 Å². The zero-order chi connectivity index (χ0) is 41.3. The number of rotatable bonds is 8. The lowest BCUT2D eigenvalue weighted by atomic mass is 10.0. The summed E-state index contributed by atoms with van der Waals surface area (Å²) in [6, 6.07) is 34.2. The number of hydrogen-bond acceptors (Lipinski definition) is 8. The number of pyridine rings is 2. The first kappa shape index (κ1) is 38.1. The summed E-state index contributed by atoms with van der Waals surface area (Å²) in [5, 5.41) is 9.67. The number of anilines is 2. The number of aromatic nitrogens is 8. The van der Waals surface area contributed by atoms with E-state index in [1.807, 2.05) is 50.8 Å². The molecule has 10 heteroatoms. The molecule has 0 aliphatic carbocycles. The zero-order valence-corrected chi connectivity index (χ0v) is 34.6. The summed E-state index contributed by atoms with van der Waals surface area (Å²) in [7, 11) is 4.14. The van der Waals surface area contributed by atoms with Gasteiger partial charge in [-0.2, -0.15) is 0 Å². The molecule has 4 aromatic carbocycles. The van der Waals surface area contributed by atoms with E-state index in [-0.39, 0.29) is 12.1 Å². The van der Waals surface area contributed by atoms with Gasteiger partial charge in [0.25, 0.3) is 0 Å². The van der Waals surface area contributed by atoms with Gasteiger partial charge in [-0.3, -0.25) is 19.9 Å². The Morgan fingerprint density at radius 2 is 1.03 bits per heavy atom. The van der Waals surface area contributed by atoms with E-state index in [1.54, 1.807) is 12.4 Å². The van der Waals surface area contributed by atoms with E-state index in [0.717, 1.165) is 78.2 Å². The third kappa shape index (κ3) is 7.75. The van der Waals surface area contributed by atoms with Crippen LogP contribution in [-0.4, -0.2) is 39.0 Å². The fourth-order valence-electron chi connectivity index (χ4n) is 7.82. The van der Waals surface area contributed by atoms with Crippen LogP contribution in [0.3, 0.4) is 0 Å². The molecule has 6 aromatic heterocycles. The number of nitrogens with zero attached hydrogens (tertiary/aromatic N) is 8. The molecule has 0 fully saturated rings. The Bertz CT molecular complexity index is 3130. The largest absolute Gasteiger partial charge is 0.378 e. The van der Waals surface area contributed by atoms with Crippen molar-refractivity contribution in [1.29, 1.82) is 0 Å². The summed E-state index contributed by atoms with van der Waals surface area (Å²) >= 11 is 0. The summed E-state index contributed by atoms with van der Waals surface area (Å²) in [5.41, 5.74) is 16.5. The zero-order valence-electron chi connectivity index (χ0n) is 34.6. The van der Waals surface area contributed by atoms with Gasteiger partial charge in [-0.1, -0.05) is 36.4 Å². The van der Waals surface area contributed by atoms with E-state index in [2.05, 4.69) is 160 Å². The first-order chi connectivity index (χ1) is 29.2. The molecule has 0 aliphatic rings. The summed E-state index contributed by atoms with van der Waals surface area (Å²) in [4.78, 5) is 27.4. The summed E-state index contributed by atoms with van der Waals surface area (Å²) < 4.78 is 4.29. The summed E-state index contributed by atoms with van der Waals surface area (Å²) in [6.45, 7) is 8.23. The average Bonchev–Trinajstić information content (AvgIpc) is 3.84. The smallest absolute Gasteiger partial charge is 0.0969 e. The van der Waals surface area contributed by atoms with Crippen molar-refractivity contribution >= 4 is 55.2 Å². The van der Waals surface area contributed by atoms with Crippen LogP contribution in [0.25, 0.3) is 66.1 Å². The van der Waals surface area contributed by atoms with Gasteiger partial charge >= 0.3 is 0 Å². The first-order valence-corrected chi connectivity index (χ1v) is 20.2. The average molecular weight is 787 g/mol. The lowest BCUT2D eigenvalue weighted by Gasteiger charge is -2.17. The van der Waals surface area contributed by atoms with Crippen molar-refractivity contribution in [2.45, 2.75) is 39.8 Å². The second-order valence-electron chi connectivity index (χ2n) is 15.5. The van der Waals surface area contributed by atoms with Crippen LogP contribution < -0.4 is 10.6 Å². The third-order valence-electron chi connectivity index (χ3n) is 11.1. The van der Waals surface area contributed by atoms with Gasteiger partial charge in [-0.25, -0.2) is 9.97 Å². The Morgan fingerprint density at radius 3 is 1.58 bits per heavy atom. The number of aryl methyl sites for hydroxylation is 4. The topological polar surface area (TPSA) is 111 Å². The van der Waals surface area contributed by atoms with E-state index in [4.69, 9.17) is 15.0 Å². The van der Waals surface area contributed by atoms with Gasteiger partial charge in [0.2, 0.25) is 0 Å². The van der Waals surface area contributed by atoms with Crippen LogP contribution in [0.2, 0.25) is 0 Å². The molecule has 10 rings (SSSR count). The maximum absolute atomic E-state index is 4.81. The minimum absolute atomic E-state index is 0.122. The Morgan fingerprint density at radius 1 is 0.517 bits per heavy atom. The van der Waals surface area contributed by atoms with E-state index < -0.39 is 0 Å². The Labute approximate surface area is 349 Å². The Kier molecular flexibility index (Phi) is 10.2. The number of hydrogen-bond donors (Lipinski definition) is 2. The van der Waals surface area contributed by atoms with Gasteiger partial charge in [-0.15, -0.1) is 0 Å². The molecule has 10 nitrogen and oxygen atoms in total. The summed E-state index contributed by atoms with van der Waals surface area (Å²) in [5.74, 6) is 0. The van der Waals surface area contributed by atoms with Crippen LogP contribution >= 0.6 is 0 Å². The fourth-order valence-corrected chi connectivity index (χ4v) is 7.82. The molecule has 0 radical (unpaired) electrons. The van der Waals surface area contributed by atoms with E-state index in [1.165, 1.54) is 21.8 Å². The molecule has 0 aliphatic heterocycles. The molecule has 0 saturated carbocycles. The normalized spacial score (nSPS) is 12.4. The number of benzene rings is 4. The van der Waals surface area contributed by atoms with Gasteiger partial charge in [0.15, 0.2) is 0 Å². The van der Waals surface area contributed by atoms with Crippen molar-refractivity contribution in [3.63, 3.8) is 0 Å².